The van der Waals surface area contributed by atoms with Crippen LogP contribution < -0.4 is 14.2 Å². The molecule has 4 nitrogen and oxygen atoms in total. The van der Waals surface area contributed by atoms with Gasteiger partial charge in [0.05, 0.1) is 26.9 Å². The predicted octanol–water partition coefficient (Wildman–Crippen LogP) is 3.83. The number of carbonyl (C=O) groups excluding carboxylic acids is 1. The van der Waals surface area contributed by atoms with Crippen LogP contribution in [0.1, 0.15) is 15.9 Å². The highest BCUT2D eigenvalue weighted by atomic mass is 16.5. The van der Waals surface area contributed by atoms with Crippen molar-refractivity contribution in [2.24, 2.45) is 0 Å². The summed E-state index contributed by atoms with van der Waals surface area (Å²) in [6, 6.07) is 9.48. The maximum atomic E-state index is 11.6. The summed E-state index contributed by atoms with van der Waals surface area (Å²) < 4.78 is 16.0. The molecule has 114 valence electrons. The van der Waals surface area contributed by atoms with Crippen LogP contribution in [0.15, 0.2) is 36.9 Å². The third kappa shape index (κ3) is 2.68. The Hall–Kier alpha value is -2.75. The maximum Gasteiger partial charge on any atom is 0.204 e. The van der Waals surface area contributed by atoms with E-state index in [4.69, 9.17) is 14.2 Å². The lowest BCUT2D eigenvalue weighted by Gasteiger charge is -2.17. The minimum atomic E-state index is 0.357. The summed E-state index contributed by atoms with van der Waals surface area (Å²) in [5, 5.41) is 0. The molecule has 2 aromatic rings. The Labute approximate surface area is 129 Å². The number of hydrogen-bond acceptors (Lipinski definition) is 4. The second-order valence-electron chi connectivity index (χ2n) is 4.55. The molecule has 0 N–H and O–H groups in total. The number of ether oxygens (including phenoxy) is 3. The number of aldehydes is 1. The Balaban J connectivity index is 2.79. The monoisotopic (exact) mass is 298 g/mol. The molecular formula is C18H18O4. The van der Waals surface area contributed by atoms with Crippen molar-refractivity contribution in [1.29, 1.82) is 0 Å². The average Bonchev–Trinajstić information content (AvgIpc) is 2.59. The molecule has 0 radical (unpaired) electrons. The molecule has 0 fully saturated rings. The normalized spacial score (nSPS) is 9.95. The van der Waals surface area contributed by atoms with Gasteiger partial charge < -0.3 is 14.2 Å². The van der Waals surface area contributed by atoms with Crippen molar-refractivity contribution in [3.05, 3.63) is 48.0 Å². The largest absolute Gasteiger partial charge is 0.493 e. The molecule has 4 heteroatoms. The van der Waals surface area contributed by atoms with Gasteiger partial charge in [0, 0.05) is 0 Å². The molecule has 0 amide bonds. The van der Waals surface area contributed by atoms with Crippen LogP contribution in [0.5, 0.6) is 17.2 Å². The fraction of sp³-hybridized carbons (Fsp3) is 0.167. The third-order valence-electron chi connectivity index (χ3n) is 3.42. The van der Waals surface area contributed by atoms with Gasteiger partial charge in [-0.2, -0.15) is 0 Å². The van der Waals surface area contributed by atoms with Crippen molar-refractivity contribution >= 4 is 12.4 Å². The molecular weight excluding hydrogens is 280 g/mol. The molecule has 2 rings (SSSR count). The van der Waals surface area contributed by atoms with Gasteiger partial charge in [0.2, 0.25) is 5.75 Å². The average molecular weight is 298 g/mol. The zero-order chi connectivity index (χ0) is 16.1. The predicted molar refractivity (Wildman–Crippen MR) is 87.0 cm³/mol. The quantitative estimate of drug-likeness (QED) is 0.760. The standard InChI is InChI=1S/C18H18O4/c1-5-12-7-6-8-13(9-12)14-10-16(20-2)18(22-4)17(21-3)15(14)11-19/h5-11H,1H2,2-4H3. The zero-order valence-corrected chi connectivity index (χ0v) is 12.9. The van der Waals surface area contributed by atoms with Crippen LogP contribution in [0, 0.1) is 0 Å². The van der Waals surface area contributed by atoms with Gasteiger partial charge in [0.1, 0.15) is 0 Å². The van der Waals surface area contributed by atoms with Crippen LogP contribution in [0.25, 0.3) is 17.2 Å². The minimum absolute atomic E-state index is 0.357. The summed E-state index contributed by atoms with van der Waals surface area (Å²) >= 11 is 0. The van der Waals surface area contributed by atoms with E-state index in [-0.39, 0.29) is 0 Å². The lowest BCUT2D eigenvalue weighted by Crippen LogP contribution is -2.01. The van der Waals surface area contributed by atoms with Crippen molar-refractivity contribution in [3.63, 3.8) is 0 Å². The first-order chi connectivity index (χ1) is 10.7. The highest BCUT2D eigenvalue weighted by molar-refractivity contribution is 5.94. The lowest BCUT2D eigenvalue weighted by molar-refractivity contribution is 0.112. The van der Waals surface area contributed by atoms with E-state index in [0.717, 1.165) is 17.4 Å². The first-order valence-corrected chi connectivity index (χ1v) is 6.71. The van der Waals surface area contributed by atoms with Gasteiger partial charge >= 0.3 is 0 Å². The Kier molecular flexibility index (Phi) is 4.84. The first kappa shape index (κ1) is 15.6. The van der Waals surface area contributed by atoms with Gasteiger partial charge in [-0.3, -0.25) is 4.79 Å². The fourth-order valence-corrected chi connectivity index (χ4v) is 2.37. The van der Waals surface area contributed by atoms with E-state index >= 15 is 0 Å². The molecule has 0 aliphatic heterocycles. The van der Waals surface area contributed by atoms with Crippen LogP contribution in [-0.2, 0) is 0 Å². The minimum Gasteiger partial charge on any atom is -0.493 e. The molecule has 0 bridgehead atoms. The van der Waals surface area contributed by atoms with Crippen LogP contribution >= 0.6 is 0 Å². The Morgan fingerprint density at radius 2 is 1.73 bits per heavy atom. The summed E-state index contributed by atoms with van der Waals surface area (Å²) in [7, 11) is 4.54. The SMILES string of the molecule is C=Cc1cccc(-c2cc(OC)c(OC)c(OC)c2C=O)c1. The molecule has 0 atom stereocenters. The van der Waals surface area contributed by atoms with E-state index < -0.39 is 0 Å². The molecule has 22 heavy (non-hydrogen) atoms. The highest BCUT2D eigenvalue weighted by Crippen LogP contribution is 2.44. The smallest absolute Gasteiger partial charge is 0.204 e. The van der Waals surface area contributed by atoms with E-state index in [0.29, 0.717) is 28.4 Å². The lowest BCUT2D eigenvalue weighted by atomic mass is 9.97. The summed E-state index contributed by atoms with van der Waals surface area (Å²) in [6.07, 6.45) is 2.51. The van der Waals surface area contributed by atoms with E-state index in [1.807, 2.05) is 24.3 Å². The topological polar surface area (TPSA) is 44.8 Å². The van der Waals surface area contributed by atoms with Gasteiger partial charge in [0.25, 0.3) is 0 Å². The second kappa shape index (κ2) is 6.80. The van der Waals surface area contributed by atoms with Crippen LogP contribution in [0.3, 0.4) is 0 Å². The molecule has 0 saturated carbocycles. The summed E-state index contributed by atoms with van der Waals surface area (Å²) in [5.74, 6) is 1.26. The van der Waals surface area contributed by atoms with Crippen LogP contribution in [0.2, 0.25) is 0 Å². The number of methoxy groups -OCH3 is 3. The third-order valence-corrected chi connectivity index (χ3v) is 3.42. The molecule has 0 aromatic heterocycles. The van der Waals surface area contributed by atoms with Gasteiger partial charge in [-0.05, 0) is 28.8 Å². The van der Waals surface area contributed by atoms with Crippen molar-refractivity contribution in [2.75, 3.05) is 21.3 Å². The Morgan fingerprint density at radius 1 is 1.00 bits per heavy atom. The summed E-state index contributed by atoms with van der Waals surface area (Å²) in [4.78, 5) is 11.6. The first-order valence-electron chi connectivity index (χ1n) is 6.71. The van der Waals surface area contributed by atoms with Crippen LogP contribution in [0.4, 0.5) is 0 Å². The van der Waals surface area contributed by atoms with Gasteiger partial charge in [-0.15, -0.1) is 0 Å². The van der Waals surface area contributed by atoms with E-state index in [1.54, 1.807) is 19.3 Å². The van der Waals surface area contributed by atoms with Crippen molar-refractivity contribution in [2.45, 2.75) is 0 Å². The van der Waals surface area contributed by atoms with E-state index in [1.165, 1.54) is 14.2 Å². The maximum absolute atomic E-state index is 11.6. The number of hydrogen-bond donors (Lipinski definition) is 0. The molecule has 0 heterocycles. The Morgan fingerprint density at radius 3 is 2.27 bits per heavy atom. The zero-order valence-electron chi connectivity index (χ0n) is 12.9. The fourth-order valence-electron chi connectivity index (χ4n) is 2.37. The van der Waals surface area contributed by atoms with Gasteiger partial charge in [0.15, 0.2) is 17.8 Å². The van der Waals surface area contributed by atoms with E-state index in [2.05, 4.69) is 6.58 Å². The van der Waals surface area contributed by atoms with Crippen molar-refractivity contribution in [3.8, 4) is 28.4 Å². The number of rotatable bonds is 6. The molecule has 0 aliphatic carbocycles. The van der Waals surface area contributed by atoms with Crippen molar-refractivity contribution < 1.29 is 19.0 Å². The molecule has 0 saturated heterocycles. The van der Waals surface area contributed by atoms with Crippen molar-refractivity contribution in [1.82, 2.24) is 0 Å². The molecule has 2 aromatic carbocycles. The number of benzene rings is 2. The highest BCUT2D eigenvalue weighted by Gasteiger charge is 2.21. The van der Waals surface area contributed by atoms with E-state index in [9.17, 15) is 4.79 Å². The Bertz CT molecular complexity index is 704. The molecule has 0 spiro atoms. The molecule has 0 aliphatic rings. The van der Waals surface area contributed by atoms with Gasteiger partial charge in [-0.1, -0.05) is 30.9 Å². The number of carbonyl (C=O) groups is 1. The van der Waals surface area contributed by atoms with Gasteiger partial charge in [-0.25, -0.2) is 0 Å². The van der Waals surface area contributed by atoms with Crippen LogP contribution in [-0.4, -0.2) is 27.6 Å². The summed E-state index contributed by atoms with van der Waals surface area (Å²) in [5.41, 5.74) is 2.97. The second-order valence-corrected chi connectivity index (χ2v) is 4.55. The molecule has 0 unspecified atom stereocenters. The summed E-state index contributed by atoms with van der Waals surface area (Å²) in [6.45, 7) is 3.76.